The Labute approximate surface area is 460 Å². The zero-order chi connectivity index (χ0) is 54.0. The number of hydrogen-bond donors (Lipinski definition) is 0. The van der Waals surface area contributed by atoms with Crippen molar-refractivity contribution in [1.82, 2.24) is 0 Å². The summed E-state index contributed by atoms with van der Waals surface area (Å²) < 4.78 is 23.1. The minimum absolute atomic E-state index is 0.0378. The third kappa shape index (κ3) is 24.6. The van der Waals surface area contributed by atoms with Gasteiger partial charge in [0.15, 0.2) is 6.10 Å². The summed E-state index contributed by atoms with van der Waals surface area (Å²) >= 11 is 0. The van der Waals surface area contributed by atoms with Gasteiger partial charge >= 0.3 is 23.9 Å². The van der Waals surface area contributed by atoms with Gasteiger partial charge < -0.3 is 18.9 Å². The summed E-state index contributed by atoms with van der Waals surface area (Å²) in [5.74, 6) is 2.42. The van der Waals surface area contributed by atoms with Crippen molar-refractivity contribution >= 4 is 29.7 Å². The molecule has 75 heavy (non-hydrogen) atoms. The largest absolute Gasteiger partial charge is 0.462 e. The molecule has 0 saturated heterocycles. The monoisotopic (exact) mass is 1050 g/mol. The van der Waals surface area contributed by atoms with E-state index in [2.05, 4.69) is 27.7 Å². The standard InChI is InChI=1S/C66H116O9/c1-6-8-10-12-14-16-18-20-22-24-26-30-34-38-61(68)72-51-56(52-73-62(69)39-35-31-27-25-23-21-19-17-15-13-11-9-7-2)75-64(71)41-37-33-29-28-32-36-40-63(70)74-55-46-48-65(4)54(50-55)42-43-57-59-45-44-58(53(3)67)66(59,5)49-47-60(57)65/h54-60H,6-52H2,1-5H3/t54-,55-,57-,58+,59-,60-,65-,66+/m0/s1. The number of fused-ring (bicyclic) bond motifs is 5. The number of Topliss-reactive ketones (excluding diaryl/α,β-unsaturated/α-hetero) is 1. The predicted octanol–water partition coefficient (Wildman–Crippen LogP) is 18.2. The molecule has 4 aliphatic rings. The Balaban J connectivity index is 1.05. The lowest BCUT2D eigenvalue weighted by atomic mass is 9.44. The maximum atomic E-state index is 13.0. The minimum atomic E-state index is -0.820. The summed E-state index contributed by atoms with van der Waals surface area (Å²) in [6.45, 7) is 11.1. The summed E-state index contributed by atoms with van der Waals surface area (Å²) in [7, 11) is 0. The normalized spacial score (nSPS) is 25.0. The molecule has 0 aromatic carbocycles. The SMILES string of the molecule is CCCCCCCCCCCCCCCC(=O)OCC(COC(=O)CCCCCCCCCCCCCCC)OC(=O)CCCCCCCCC(=O)O[C@H]1CC[C@@]2(C)[C@@H](CC[C@@H]3[C@@H]2CC[C@]2(C)[C@@H](C(C)=O)CC[C@@H]32)C1. The summed E-state index contributed by atoms with van der Waals surface area (Å²) in [6.07, 6.45) is 48.5. The van der Waals surface area contributed by atoms with E-state index in [0.717, 1.165) is 108 Å². The Morgan fingerprint density at radius 3 is 1.25 bits per heavy atom. The fourth-order valence-electron chi connectivity index (χ4n) is 14.9. The molecule has 0 aliphatic heterocycles. The van der Waals surface area contributed by atoms with Gasteiger partial charge in [0, 0.05) is 31.6 Å². The minimum Gasteiger partial charge on any atom is -0.462 e. The van der Waals surface area contributed by atoms with E-state index in [1.54, 1.807) is 0 Å². The number of esters is 4. The van der Waals surface area contributed by atoms with Crippen molar-refractivity contribution in [2.45, 2.75) is 336 Å². The van der Waals surface area contributed by atoms with Crippen LogP contribution in [0.25, 0.3) is 0 Å². The van der Waals surface area contributed by atoms with Gasteiger partial charge in [0.05, 0.1) is 0 Å². The molecule has 8 atom stereocenters. The Morgan fingerprint density at radius 2 is 0.813 bits per heavy atom. The molecular formula is C66H116O9. The van der Waals surface area contributed by atoms with Crippen LogP contribution in [0.1, 0.15) is 324 Å². The highest BCUT2D eigenvalue weighted by Crippen LogP contribution is 2.67. The van der Waals surface area contributed by atoms with Gasteiger partial charge in [-0.05, 0) is 125 Å². The first kappa shape index (κ1) is 65.1. The quantitative estimate of drug-likeness (QED) is 0.0333. The van der Waals surface area contributed by atoms with E-state index in [-0.39, 0.29) is 60.9 Å². The van der Waals surface area contributed by atoms with Crippen molar-refractivity contribution < 1.29 is 42.9 Å². The molecule has 0 aromatic rings. The fourth-order valence-corrected chi connectivity index (χ4v) is 14.9. The van der Waals surface area contributed by atoms with Gasteiger partial charge in [-0.3, -0.25) is 24.0 Å². The van der Waals surface area contributed by atoms with Crippen LogP contribution in [0.2, 0.25) is 0 Å². The first-order valence-electron chi connectivity index (χ1n) is 32.6. The van der Waals surface area contributed by atoms with Crippen LogP contribution in [0, 0.1) is 40.4 Å². The smallest absolute Gasteiger partial charge is 0.306 e. The molecule has 4 rings (SSSR count). The second kappa shape index (κ2) is 38.2. The number of rotatable bonds is 44. The Morgan fingerprint density at radius 1 is 0.427 bits per heavy atom. The van der Waals surface area contributed by atoms with Crippen molar-refractivity contribution in [1.29, 1.82) is 0 Å². The number of ketones is 1. The highest BCUT2D eigenvalue weighted by molar-refractivity contribution is 5.79. The molecule has 434 valence electrons. The van der Waals surface area contributed by atoms with Crippen molar-refractivity contribution in [2.75, 3.05) is 13.2 Å². The first-order valence-corrected chi connectivity index (χ1v) is 32.6. The van der Waals surface area contributed by atoms with Crippen molar-refractivity contribution in [3.8, 4) is 0 Å². The van der Waals surface area contributed by atoms with Crippen molar-refractivity contribution in [3.05, 3.63) is 0 Å². The molecular weight excluding hydrogens is 937 g/mol. The zero-order valence-electron chi connectivity index (χ0n) is 49.4. The van der Waals surface area contributed by atoms with E-state index >= 15 is 0 Å². The van der Waals surface area contributed by atoms with E-state index in [1.165, 1.54) is 161 Å². The molecule has 0 heterocycles. The molecule has 0 N–H and O–H groups in total. The van der Waals surface area contributed by atoms with Crippen LogP contribution in [-0.2, 0) is 42.9 Å². The molecule has 0 spiro atoms. The second-order valence-electron chi connectivity index (χ2n) is 25.4. The summed E-state index contributed by atoms with van der Waals surface area (Å²) in [5.41, 5.74) is 0.511. The summed E-state index contributed by atoms with van der Waals surface area (Å²) in [4.78, 5) is 64.0. The van der Waals surface area contributed by atoms with Gasteiger partial charge in [-0.15, -0.1) is 0 Å². The van der Waals surface area contributed by atoms with Gasteiger partial charge in [0.25, 0.3) is 0 Å². The molecule has 4 fully saturated rings. The van der Waals surface area contributed by atoms with Crippen LogP contribution in [0.15, 0.2) is 0 Å². The maximum Gasteiger partial charge on any atom is 0.306 e. The van der Waals surface area contributed by atoms with E-state index in [1.807, 2.05) is 6.92 Å². The van der Waals surface area contributed by atoms with Crippen molar-refractivity contribution in [3.63, 3.8) is 0 Å². The van der Waals surface area contributed by atoms with Crippen LogP contribution in [0.3, 0.4) is 0 Å². The van der Waals surface area contributed by atoms with Crippen LogP contribution in [-0.4, -0.2) is 55.1 Å². The third-order valence-electron chi connectivity index (χ3n) is 19.5. The fraction of sp³-hybridized carbons (Fsp3) is 0.924. The number of carbonyl (C=O) groups excluding carboxylic acids is 5. The van der Waals surface area contributed by atoms with Crippen LogP contribution < -0.4 is 0 Å². The summed E-state index contributed by atoms with van der Waals surface area (Å²) in [6, 6.07) is 0. The number of carbonyl (C=O) groups is 5. The number of hydrogen-bond acceptors (Lipinski definition) is 9. The van der Waals surface area contributed by atoms with Gasteiger partial charge in [-0.2, -0.15) is 0 Å². The molecule has 9 nitrogen and oxygen atoms in total. The predicted molar refractivity (Wildman–Crippen MR) is 305 cm³/mol. The maximum absolute atomic E-state index is 13.0. The van der Waals surface area contributed by atoms with Crippen LogP contribution >= 0.6 is 0 Å². The molecule has 0 bridgehead atoms. The number of unbranched alkanes of at least 4 members (excludes halogenated alkanes) is 29. The molecule has 4 saturated carbocycles. The topological polar surface area (TPSA) is 122 Å². The van der Waals surface area contributed by atoms with Gasteiger partial charge in [-0.1, -0.05) is 207 Å². The molecule has 9 heteroatoms. The Bertz CT molecular complexity index is 1530. The van der Waals surface area contributed by atoms with Gasteiger partial charge in [0.1, 0.15) is 25.1 Å². The van der Waals surface area contributed by atoms with Crippen LogP contribution in [0.4, 0.5) is 0 Å². The first-order chi connectivity index (χ1) is 36.4. The molecule has 0 radical (unpaired) electrons. The highest BCUT2D eigenvalue weighted by atomic mass is 16.6. The van der Waals surface area contributed by atoms with E-state index < -0.39 is 6.10 Å². The van der Waals surface area contributed by atoms with E-state index in [0.29, 0.717) is 48.7 Å². The average Bonchev–Trinajstić information content (AvgIpc) is 3.76. The van der Waals surface area contributed by atoms with E-state index in [9.17, 15) is 24.0 Å². The zero-order valence-corrected chi connectivity index (χ0v) is 49.4. The Hall–Kier alpha value is -2.45. The average molecular weight is 1050 g/mol. The van der Waals surface area contributed by atoms with Crippen molar-refractivity contribution in [2.24, 2.45) is 40.4 Å². The lowest BCUT2D eigenvalue weighted by Gasteiger charge is -2.61. The lowest BCUT2D eigenvalue weighted by molar-refractivity contribution is -0.167. The third-order valence-corrected chi connectivity index (χ3v) is 19.5. The van der Waals surface area contributed by atoms with Gasteiger partial charge in [0.2, 0.25) is 0 Å². The van der Waals surface area contributed by atoms with E-state index in [4.69, 9.17) is 18.9 Å². The highest BCUT2D eigenvalue weighted by Gasteiger charge is 2.61. The molecule has 0 aromatic heterocycles. The summed E-state index contributed by atoms with van der Waals surface area (Å²) in [5, 5.41) is 0. The lowest BCUT2D eigenvalue weighted by Crippen LogP contribution is -2.54. The molecule has 0 amide bonds. The second-order valence-corrected chi connectivity index (χ2v) is 25.4. The molecule has 0 unspecified atom stereocenters. The van der Waals surface area contributed by atoms with Gasteiger partial charge in [-0.25, -0.2) is 0 Å². The molecule has 4 aliphatic carbocycles. The van der Waals surface area contributed by atoms with Crippen LogP contribution in [0.5, 0.6) is 0 Å². The number of ether oxygens (including phenoxy) is 4. The Kier molecular flexibility index (Phi) is 33.1.